The largest absolute Gasteiger partial charge is 0.322 e. The highest BCUT2D eigenvalue weighted by molar-refractivity contribution is 9.10. The van der Waals surface area contributed by atoms with Crippen molar-refractivity contribution in [1.82, 2.24) is 0 Å². The number of para-hydroxylation sites is 1. The second-order valence-electron chi connectivity index (χ2n) is 4.40. The first-order chi connectivity index (χ1) is 9.90. The van der Waals surface area contributed by atoms with Gasteiger partial charge in [-0.25, -0.2) is 8.78 Å². The van der Waals surface area contributed by atoms with Crippen LogP contribution >= 0.6 is 27.5 Å². The van der Waals surface area contributed by atoms with Gasteiger partial charge in [0.2, 0.25) is 0 Å². The lowest BCUT2D eigenvalue weighted by molar-refractivity contribution is 0.101. The molecule has 0 spiro atoms. The first-order valence-corrected chi connectivity index (χ1v) is 7.32. The maximum atomic E-state index is 13.8. The van der Waals surface area contributed by atoms with Gasteiger partial charge in [0.25, 0.3) is 5.91 Å². The fourth-order valence-electron chi connectivity index (χ4n) is 1.90. The number of rotatable bonds is 3. The Morgan fingerprint density at radius 3 is 2.38 bits per heavy atom. The third kappa shape index (κ3) is 3.60. The van der Waals surface area contributed by atoms with Crippen molar-refractivity contribution in [3.05, 3.63) is 63.6 Å². The Kier molecular flexibility index (Phi) is 4.96. The maximum Gasteiger partial charge on any atom is 0.261 e. The molecule has 2 rings (SSSR count). The minimum Gasteiger partial charge on any atom is -0.322 e. The van der Waals surface area contributed by atoms with E-state index in [1.54, 1.807) is 31.2 Å². The quantitative estimate of drug-likeness (QED) is 0.728. The molecule has 6 heteroatoms. The summed E-state index contributed by atoms with van der Waals surface area (Å²) < 4.78 is 27.8. The van der Waals surface area contributed by atoms with Crippen molar-refractivity contribution in [1.29, 1.82) is 0 Å². The molecule has 2 aromatic carbocycles. The molecule has 1 N–H and O–H groups in total. The van der Waals surface area contributed by atoms with Gasteiger partial charge in [-0.15, -0.1) is 11.6 Å². The molecule has 0 saturated heterocycles. The van der Waals surface area contributed by atoms with E-state index in [9.17, 15) is 13.6 Å². The van der Waals surface area contributed by atoms with Crippen LogP contribution < -0.4 is 5.32 Å². The van der Waals surface area contributed by atoms with E-state index in [1.807, 2.05) is 0 Å². The van der Waals surface area contributed by atoms with Crippen LogP contribution in [0.25, 0.3) is 0 Å². The van der Waals surface area contributed by atoms with E-state index in [4.69, 9.17) is 11.6 Å². The van der Waals surface area contributed by atoms with Crippen molar-refractivity contribution in [2.75, 3.05) is 5.32 Å². The highest BCUT2D eigenvalue weighted by atomic mass is 79.9. The summed E-state index contributed by atoms with van der Waals surface area (Å²) in [5.41, 5.74) is 0.465. The van der Waals surface area contributed by atoms with Crippen molar-refractivity contribution >= 4 is 39.1 Å². The van der Waals surface area contributed by atoms with E-state index in [0.717, 1.165) is 12.1 Å². The molecule has 110 valence electrons. The molecule has 1 atom stereocenters. The number of carbonyl (C=O) groups is 1. The van der Waals surface area contributed by atoms with Crippen LogP contribution in [0.1, 0.15) is 28.2 Å². The van der Waals surface area contributed by atoms with Gasteiger partial charge in [-0.1, -0.05) is 34.1 Å². The molecule has 2 nitrogen and oxygen atoms in total. The molecule has 0 aromatic heterocycles. The number of hydrogen-bond acceptors (Lipinski definition) is 1. The number of nitrogens with one attached hydrogen (secondary N) is 1. The standard InChI is InChI=1S/C15H11BrClF2NO/c1-8(17)10-4-2-3-5-13(10)20-15(21)14-11(18)6-9(16)7-12(14)19/h2-8H,1H3,(H,20,21). The van der Waals surface area contributed by atoms with Crippen LogP contribution in [-0.2, 0) is 0 Å². The van der Waals surface area contributed by atoms with Crippen LogP contribution in [0.2, 0.25) is 0 Å². The summed E-state index contributed by atoms with van der Waals surface area (Å²) in [6.07, 6.45) is 0. The number of amides is 1. The number of carbonyl (C=O) groups excluding carboxylic acids is 1. The minimum absolute atomic E-state index is 0.226. The Morgan fingerprint density at radius 2 is 1.81 bits per heavy atom. The lowest BCUT2D eigenvalue weighted by atomic mass is 10.1. The predicted molar refractivity (Wildman–Crippen MR) is 82.7 cm³/mol. The summed E-state index contributed by atoms with van der Waals surface area (Å²) in [4.78, 5) is 12.1. The highest BCUT2D eigenvalue weighted by Crippen LogP contribution is 2.28. The molecule has 1 unspecified atom stereocenters. The first-order valence-electron chi connectivity index (χ1n) is 6.09. The van der Waals surface area contributed by atoms with E-state index in [1.165, 1.54) is 0 Å². The average molecular weight is 375 g/mol. The molecule has 2 aromatic rings. The van der Waals surface area contributed by atoms with Crippen LogP contribution in [-0.4, -0.2) is 5.91 Å². The van der Waals surface area contributed by atoms with Crippen LogP contribution in [0, 0.1) is 11.6 Å². The molecule has 0 heterocycles. The Labute approximate surface area is 134 Å². The zero-order valence-corrected chi connectivity index (χ0v) is 13.3. The van der Waals surface area contributed by atoms with Crippen molar-refractivity contribution in [2.24, 2.45) is 0 Å². The van der Waals surface area contributed by atoms with Crippen LogP contribution in [0.3, 0.4) is 0 Å². The number of hydrogen-bond donors (Lipinski definition) is 1. The van der Waals surface area contributed by atoms with E-state index < -0.39 is 23.1 Å². The number of benzene rings is 2. The minimum atomic E-state index is -0.934. The molecule has 0 aliphatic carbocycles. The van der Waals surface area contributed by atoms with E-state index in [2.05, 4.69) is 21.2 Å². The fourth-order valence-corrected chi connectivity index (χ4v) is 2.49. The molecule has 1 amide bonds. The number of halogens is 4. The second kappa shape index (κ2) is 6.54. The zero-order valence-electron chi connectivity index (χ0n) is 11.0. The van der Waals surface area contributed by atoms with E-state index >= 15 is 0 Å². The van der Waals surface area contributed by atoms with Crippen molar-refractivity contribution in [2.45, 2.75) is 12.3 Å². The van der Waals surface area contributed by atoms with Crippen molar-refractivity contribution in [3.8, 4) is 0 Å². The van der Waals surface area contributed by atoms with Gasteiger partial charge in [0.15, 0.2) is 0 Å². The summed E-state index contributed by atoms with van der Waals surface area (Å²) in [6, 6.07) is 8.90. The molecule has 0 saturated carbocycles. The second-order valence-corrected chi connectivity index (χ2v) is 5.97. The lowest BCUT2D eigenvalue weighted by Gasteiger charge is -2.13. The topological polar surface area (TPSA) is 29.1 Å². The summed E-state index contributed by atoms with van der Waals surface area (Å²) >= 11 is 8.98. The molecule has 0 fully saturated rings. The Bertz CT molecular complexity index is 668. The van der Waals surface area contributed by atoms with Gasteiger partial charge in [0.05, 0.1) is 5.38 Å². The van der Waals surface area contributed by atoms with Gasteiger partial charge in [-0.2, -0.15) is 0 Å². The van der Waals surface area contributed by atoms with Crippen molar-refractivity contribution < 1.29 is 13.6 Å². The van der Waals surface area contributed by atoms with E-state index in [-0.39, 0.29) is 9.85 Å². The maximum absolute atomic E-state index is 13.8. The van der Waals surface area contributed by atoms with Gasteiger partial charge >= 0.3 is 0 Å². The van der Waals surface area contributed by atoms with Crippen LogP contribution in [0.15, 0.2) is 40.9 Å². The monoisotopic (exact) mass is 373 g/mol. The molecule has 0 bridgehead atoms. The highest BCUT2D eigenvalue weighted by Gasteiger charge is 2.20. The lowest BCUT2D eigenvalue weighted by Crippen LogP contribution is -2.17. The molecule has 0 aliphatic heterocycles. The molecule has 21 heavy (non-hydrogen) atoms. The Balaban J connectivity index is 2.36. The zero-order chi connectivity index (χ0) is 15.6. The fraction of sp³-hybridized carbons (Fsp3) is 0.133. The van der Waals surface area contributed by atoms with Gasteiger partial charge in [0, 0.05) is 10.2 Å². The molecule has 0 aliphatic rings. The van der Waals surface area contributed by atoms with Gasteiger partial charge in [-0.05, 0) is 30.7 Å². The van der Waals surface area contributed by atoms with Gasteiger partial charge in [0.1, 0.15) is 17.2 Å². The first kappa shape index (κ1) is 15.9. The van der Waals surface area contributed by atoms with E-state index in [0.29, 0.717) is 11.3 Å². The number of anilines is 1. The average Bonchev–Trinajstić information content (AvgIpc) is 2.37. The Morgan fingerprint density at radius 1 is 1.24 bits per heavy atom. The van der Waals surface area contributed by atoms with Crippen molar-refractivity contribution in [3.63, 3.8) is 0 Å². The normalized spacial score (nSPS) is 12.0. The SMILES string of the molecule is CC(Cl)c1ccccc1NC(=O)c1c(F)cc(Br)cc1F. The summed E-state index contributed by atoms with van der Waals surface area (Å²) in [7, 11) is 0. The number of alkyl halides is 1. The van der Waals surface area contributed by atoms with Gasteiger partial charge in [-0.3, -0.25) is 4.79 Å². The summed E-state index contributed by atoms with van der Waals surface area (Å²) in [5, 5.41) is 2.14. The third-order valence-corrected chi connectivity index (χ3v) is 3.56. The van der Waals surface area contributed by atoms with Crippen LogP contribution in [0.4, 0.5) is 14.5 Å². The predicted octanol–water partition coefficient (Wildman–Crippen LogP) is 5.28. The third-order valence-electron chi connectivity index (χ3n) is 2.87. The summed E-state index contributed by atoms with van der Waals surface area (Å²) in [5.74, 6) is -2.73. The summed E-state index contributed by atoms with van der Waals surface area (Å²) in [6.45, 7) is 1.74. The molecular formula is C15H11BrClF2NO. The Hall–Kier alpha value is -1.46. The smallest absolute Gasteiger partial charge is 0.261 e. The molecule has 0 radical (unpaired) electrons. The van der Waals surface area contributed by atoms with Crippen LogP contribution in [0.5, 0.6) is 0 Å². The molecular weight excluding hydrogens is 364 g/mol. The van der Waals surface area contributed by atoms with Gasteiger partial charge < -0.3 is 5.32 Å².